The van der Waals surface area contributed by atoms with Gasteiger partial charge in [-0.15, -0.1) is 0 Å². The molecule has 9 nitrogen and oxygen atoms in total. The second-order valence-electron chi connectivity index (χ2n) is 6.66. The summed E-state index contributed by atoms with van der Waals surface area (Å²) in [6, 6.07) is -0.0111. The Kier molecular flexibility index (Phi) is 8.16. The van der Waals surface area contributed by atoms with Crippen LogP contribution >= 0.6 is 0 Å². The largest absolute Gasteiger partial charge is 0.450 e. The van der Waals surface area contributed by atoms with E-state index in [1.165, 1.54) is 18.6 Å². The van der Waals surface area contributed by atoms with Crippen LogP contribution in [0.15, 0.2) is 18.6 Å². The maximum absolute atomic E-state index is 12.8. The zero-order valence-corrected chi connectivity index (χ0v) is 16.8. The highest BCUT2D eigenvalue weighted by molar-refractivity contribution is 5.92. The van der Waals surface area contributed by atoms with Crippen LogP contribution in [0.3, 0.4) is 0 Å². The first kappa shape index (κ1) is 21.6. The van der Waals surface area contributed by atoms with Gasteiger partial charge in [0, 0.05) is 57.6 Å². The fourth-order valence-electron chi connectivity index (χ4n) is 3.03. The molecule has 154 valence electrons. The van der Waals surface area contributed by atoms with Crippen LogP contribution in [0.25, 0.3) is 0 Å². The van der Waals surface area contributed by atoms with E-state index in [2.05, 4.69) is 9.97 Å². The number of rotatable bonds is 7. The summed E-state index contributed by atoms with van der Waals surface area (Å²) in [7, 11) is 0. The molecule has 3 amide bonds. The summed E-state index contributed by atoms with van der Waals surface area (Å²) >= 11 is 0. The standard InChI is InChI=1S/C19H29N5O4/c1-4-15(3)24(18(26)16-14-20-7-8-21-16)9-6-17(25)22-10-12-23(13-11-22)19(27)28-5-2/h7-8,14-15H,4-6,9-13H2,1-3H3/t15-/m0/s1. The van der Waals surface area contributed by atoms with E-state index in [4.69, 9.17) is 4.74 Å². The molecule has 1 aromatic rings. The van der Waals surface area contributed by atoms with Gasteiger partial charge < -0.3 is 19.4 Å². The third kappa shape index (κ3) is 5.64. The Hall–Kier alpha value is -2.71. The topological polar surface area (TPSA) is 95.9 Å². The van der Waals surface area contributed by atoms with E-state index in [0.717, 1.165) is 6.42 Å². The summed E-state index contributed by atoms with van der Waals surface area (Å²) in [6.45, 7) is 8.23. The van der Waals surface area contributed by atoms with E-state index in [-0.39, 0.29) is 36.1 Å². The van der Waals surface area contributed by atoms with Gasteiger partial charge in [0.1, 0.15) is 5.69 Å². The lowest BCUT2D eigenvalue weighted by atomic mass is 10.2. The minimum Gasteiger partial charge on any atom is -0.450 e. The molecule has 0 bridgehead atoms. The van der Waals surface area contributed by atoms with Crippen LogP contribution in [-0.4, -0.2) is 87.9 Å². The number of hydrogen-bond donors (Lipinski definition) is 0. The van der Waals surface area contributed by atoms with Crippen molar-refractivity contribution in [3.05, 3.63) is 24.3 Å². The van der Waals surface area contributed by atoms with Crippen LogP contribution in [0.2, 0.25) is 0 Å². The SMILES string of the molecule is CCOC(=O)N1CCN(C(=O)CCN(C(=O)c2cnccn2)[C@@H](C)CC)CC1. The summed E-state index contributed by atoms with van der Waals surface area (Å²) in [6.07, 6.45) is 5.11. The van der Waals surface area contributed by atoms with Crippen LogP contribution in [0.4, 0.5) is 4.79 Å². The van der Waals surface area contributed by atoms with Crippen molar-refractivity contribution in [3.63, 3.8) is 0 Å². The molecule has 1 aliphatic rings. The maximum atomic E-state index is 12.8. The van der Waals surface area contributed by atoms with Crippen molar-refractivity contribution in [1.29, 1.82) is 0 Å². The zero-order chi connectivity index (χ0) is 20.5. The van der Waals surface area contributed by atoms with Gasteiger partial charge in [-0.3, -0.25) is 14.6 Å². The summed E-state index contributed by atoms with van der Waals surface area (Å²) in [5.41, 5.74) is 0.276. The molecule has 0 unspecified atom stereocenters. The van der Waals surface area contributed by atoms with E-state index >= 15 is 0 Å². The van der Waals surface area contributed by atoms with E-state index < -0.39 is 0 Å². The Labute approximate surface area is 165 Å². The smallest absolute Gasteiger partial charge is 0.409 e. The van der Waals surface area contributed by atoms with Crippen LogP contribution in [-0.2, 0) is 9.53 Å². The molecule has 1 fully saturated rings. The summed E-state index contributed by atoms with van der Waals surface area (Å²) in [4.78, 5) is 50.1. The minimum atomic E-state index is -0.341. The first-order valence-electron chi connectivity index (χ1n) is 9.74. The van der Waals surface area contributed by atoms with Crippen LogP contribution in [0.5, 0.6) is 0 Å². The van der Waals surface area contributed by atoms with Gasteiger partial charge >= 0.3 is 6.09 Å². The zero-order valence-electron chi connectivity index (χ0n) is 16.8. The van der Waals surface area contributed by atoms with Crippen molar-refractivity contribution in [1.82, 2.24) is 24.7 Å². The van der Waals surface area contributed by atoms with Crippen molar-refractivity contribution in [2.45, 2.75) is 39.7 Å². The van der Waals surface area contributed by atoms with Crippen LogP contribution in [0.1, 0.15) is 44.1 Å². The van der Waals surface area contributed by atoms with Crippen LogP contribution in [0, 0.1) is 0 Å². The average molecular weight is 391 g/mol. The molecule has 0 saturated carbocycles. The number of amides is 3. The lowest BCUT2D eigenvalue weighted by Crippen LogP contribution is -2.51. The van der Waals surface area contributed by atoms with E-state index in [1.807, 2.05) is 13.8 Å². The number of hydrogen-bond acceptors (Lipinski definition) is 6. The Balaban J connectivity index is 1.90. The van der Waals surface area contributed by atoms with Gasteiger partial charge in [-0.2, -0.15) is 0 Å². The highest BCUT2D eigenvalue weighted by Crippen LogP contribution is 2.12. The van der Waals surface area contributed by atoms with Gasteiger partial charge in [-0.25, -0.2) is 9.78 Å². The highest BCUT2D eigenvalue weighted by Gasteiger charge is 2.27. The van der Waals surface area contributed by atoms with Crippen molar-refractivity contribution in [2.75, 3.05) is 39.3 Å². The number of nitrogens with zero attached hydrogens (tertiary/aromatic N) is 5. The third-order valence-electron chi connectivity index (χ3n) is 4.89. The monoisotopic (exact) mass is 391 g/mol. The molecule has 2 rings (SSSR count). The van der Waals surface area contributed by atoms with Crippen molar-refractivity contribution >= 4 is 17.9 Å². The molecular formula is C19H29N5O4. The Morgan fingerprint density at radius 2 is 1.82 bits per heavy atom. The molecule has 0 N–H and O–H groups in total. The van der Waals surface area contributed by atoms with Crippen molar-refractivity contribution in [2.24, 2.45) is 0 Å². The van der Waals surface area contributed by atoms with E-state index in [9.17, 15) is 14.4 Å². The fourth-order valence-corrected chi connectivity index (χ4v) is 3.03. The predicted octanol–water partition coefficient (Wildman–Crippen LogP) is 1.41. The quantitative estimate of drug-likeness (QED) is 0.697. The van der Waals surface area contributed by atoms with E-state index in [0.29, 0.717) is 39.3 Å². The number of carbonyl (C=O) groups is 3. The predicted molar refractivity (Wildman–Crippen MR) is 103 cm³/mol. The van der Waals surface area contributed by atoms with Gasteiger partial charge in [0.2, 0.25) is 5.91 Å². The Bertz CT molecular complexity index is 662. The molecule has 9 heteroatoms. The average Bonchev–Trinajstić information content (AvgIpc) is 2.74. The van der Waals surface area contributed by atoms with Gasteiger partial charge in [-0.05, 0) is 20.3 Å². The normalized spacial score (nSPS) is 15.1. The van der Waals surface area contributed by atoms with Gasteiger partial charge in [-0.1, -0.05) is 6.92 Å². The van der Waals surface area contributed by atoms with Gasteiger partial charge in [0.05, 0.1) is 12.8 Å². The van der Waals surface area contributed by atoms with Crippen molar-refractivity contribution < 1.29 is 19.1 Å². The number of piperazine rings is 1. The maximum Gasteiger partial charge on any atom is 0.409 e. The van der Waals surface area contributed by atoms with E-state index in [1.54, 1.807) is 21.6 Å². The number of aromatic nitrogens is 2. The van der Waals surface area contributed by atoms with Crippen LogP contribution < -0.4 is 0 Å². The summed E-state index contributed by atoms with van der Waals surface area (Å²) in [5, 5.41) is 0. The minimum absolute atomic E-state index is 0.0111. The molecule has 2 heterocycles. The third-order valence-corrected chi connectivity index (χ3v) is 4.89. The fraction of sp³-hybridized carbons (Fsp3) is 0.632. The molecule has 1 aliphatic heterocycles. The molecule has 0 aliphatic carbocycles. The second kappa shape index (κ2) is 10.6. The molecule has 0 radical (unpaired) electrons. The molecule has 0 aromatic carbocycles. The first-order valence-corrected chi connectivity index (χ1v) is 9.74. The second-order valence-corrected chi connectivity index (χ2v) is 6.66. The van der Waals surface area contributed by atoms with Gasteiger partial charge in [0.25, 0.3) is 5.91 Å². The molecule has 1 aromatic heterocycles. The molecule has 28 heavy (non-hydrogen) atoms. The van der Waals surface area contributed by atoms with Crippen molar-refractivity contribution in [3.8, 4) is 0 Å². The lowest BCUT2D eigenvalue weighted by Gasteiger charge is -2.35. The highest BCUT2D eigenvalue weighted by atomic mass is 16.6. The Morgan fingerprint density at radius 1 is 1.14 bits per heavy atom. The molecular weight excluding hydrogens is 362 g/mol. The summed E-state index contributed by atoms with van der Waals surface area (Å²) in [5.74, 6) is -0.244. The Morgan fingerprint density at radius 3 is 2.39 bits per heavy atom. The number of ether oxygens (including phenoxy) is 1. The first-order chi connectivity index (χ1) is 13.5. The summed E-state index contributed by atoms with van der Waals surface area (Å²) < 4.78 is 4.99. The molecule has 1 atom stereocenters. The number of carbonyl (C=O) groups excluding carboxylic acids is 3. The molecule has 1 saturated heterocycles. The molecule has 0 spiro atoms. The van der Waals surface area contributed by atoms with Gasteiger partial charge in [0.15, 0.2) is 0 Å². The lowest BCUT2D eigenvalue weighted by molar-refractivity contribution is -0.133.